The maximum atomic E-state index is 13.3. The second kappa shape index (κ2) is 13.5. The maximum Gasteiger partial charge on any atom is 0.317 e. The van der Waals surface area contributed by atoms with Gasteiger partial charge in [-0.25, -0.2) is 4.79 Å². The Morgan fingerprint density at radius 2 is 1.52 bits per heavy atom. The van der Waals surface area contributed by atoms with Gasteiger partial charge in [0.1, 0.15) is 12.3 Å². The first-order valence-corrected chi connectivity index (χ1v) is 13.5. The van der Waals surface area contributed by atoms with E-state index in [0.717, 1.165) is 24.3 Å². The van der Waals surface area contributed by atoms with Gasteiger partial charge in [0.15, 0.2) is 0 Å². The molecule has 4 amide bonds. The van der Waals surface area contributed by atoms with Crippen molar-refractivity contribution < 1.29 is 19.1 Å². The molecule has 9 heteroatoms. The first-order chi connectivity index (χ1) is 19.3. The highest BCUT2D eigenvalue weighted by molar-refractivity contribution is 5.99. The molecule has 2 N–H and O–H groups in total. The van der Waals surface area contributed by atoms with Crippen molar-refractivity contribution in [3.8, 4) is 5.75 Å². The Bertz CT molecular complexity index is 1270. The lowest BCUT2D eigenvalue weighted by molar-refractivity contribution is -0.117. The van der Waals surface area contributed by atoms with Gasteiger partial charge in [0, 0.05) is 55.7 Å². The van der Waals surface area contributed by atoms with Crippen LogP contribution in [0.15, 0.2) is 78.9 Å². The summed E-state index contributed by atoms with van der Waals surface area (Å²) in [4.78, 5) is 44.2. The Labute approximate surface area is 235 Å². The van der Waals surface area contributed by atoms with E-state index in [1.165, 1.54) is 4.90 Å². The van der Waals surface area contributed by atoms with Crippen LogP contribution in [0.5, 0.6) is 5.75 Å². The molecule has 1 fully saturated rings. The van der Waals surface area contributed by atoms with Gasteiger partial charge in [-0.15, -0.1) is 0 Å². The molecular formula is C31H37N5O4. The SMILES string of the molecule is COc1ccc(C(=O)N(CC(=O)Nc2ccc(N3CCN(C(=O)NC(C)C)CC3)cc2)Cc2ccccc2)cc1. The minimum absolute atomic E-state index is 0.0282. The van der Waals surface area contributed by atoms with E-state index < -0.39 is 0 Å². The number of anilines is 2. The molecule has 0 bridgehead atoms. The zero-order valence-corrected chi connectivity index (χ0v) is 23.3. The smallest absolute Gasteiger partial charge is 0.317 e. The van der Waals surface area contributed by atoms with E-state index in [1.807, 2.05) is 73.3 Å². The average Bonchev–Trinajstić information content (AvgIpc) is 2.97. The van der Waals surface area contributed by atoms with Crippen molar-refractivity contribution >= 4 is 29.2 Å². The second-order valence-electron chi connectivity index (χ2n) is 10.0. The summed E-state index contributed by atoms with van der Waals surface area (Å²) in [6.07, 6.45) is 0. The molecular weight excluding hydrogens is 506 g/mol. The lowest BCUT2D eigenvalue weighted by atomic mass is 10.1. The number of nitrogens with zero attached hydrogens (tertiary/aromatic N) is 3. The summed E-state index contributed by atoms with van der Waals surface area (Å²) >= 11 is 0. The molecule has 40 heavy (non-hydrogen) atoms. The van der Waals surface area contributed by atoms with Gasteiger partial charge >= 0.3 is 6.03 Å². The summed E-state index contributed by atoms with van der Waals surface area (Å²) in [5.41, 5.74) is 3.10. The number of amides is 4. The average molecular weight is 544 g/mol. The first kappa shape index (κ1) is 28.5. The zero-order valence-electron chi connectivity index (χ0n) is 23.3. The van der Waals surface area contributed by atoms with E-state index in [0.29, 0.717) is 36.6 Å². The molecule has 1 aliphatic rings. The highest BCUT2D eigenvalue weighted by atomic mass is 16.5. The van der Waals surface area contributed by atoms with Crippen LogP contribution in [0.1, 0.15) is 29.8 Å². The highest BCUT2D eigenvalue weighted by Gasteiger charge is 2.22. The Kier molecular flexibility index (Phi) is 9.62. The van der Waals surface area contributed by atoms with Crippen LogP contribution in [0.2, 0.25) is 0 Å². The van der Waals surface area contributed by atoms with Gasteiger partial charge in [0.25, 0.3) is 5.91 Å². The number of methoxy groups -OCH3 is 1. The van der Waals surface area contributed by atoms with Crippen LogP contribution in [0.4, 0.5) is 16.2 Å². The molecule has 3 aromatic carbocycles. The molecule has 4 rings (SSSR count). The van der Waals surface area contributed by atoms with E-state index in [2.05, 4.69) is 15.5 Å². The van der Waals surface area contributed by atoms with E-state index in [9.17, 15) is 14.4 Å². The third kappa shape index (κ3) is 7.75. The van der Waals surface area contributed by atoms with Crippen LogP contribution in [-0.2, 0) is 11.3 Å². The fourth-order valence-corrected chi connectivity index (χ4v) is 4.55. The van der Waals surface area contributed by atoms with Crippen molar-refractivity contribution in [2.24, 2.45) is 0 Å². The number of carbonyl (C=O) groups is 3. The number of ether oxygens (including phenoxy) is 1. The molecule has 0 aromatic heterocycles. The number of hydrogen-bond donors (Lipinski definition) is 2. The summed E-state index contributed by atoms with van der Waals surface area (Å²) in [5, 5.41) is 5.86. The Morgan fingerprint density at radius 3 is 2.12 bits per heavy atom. The Morgan fingerprint density at radius 1 is 0.875 bits per heavy atom. The van der Waals surface area contributed by atoms with Crippen LogP contribution < -0.4 is 20.3 Å². The quantitative estimate of drug-likeness (QED) is 0.422. The predicted molar refractivity (Wildman–Crippen MR) is 157 cm³/mol. The molecule has 0 radical (unpaired) electrons. The monoisotopic (exact) mass is 543 g/mol. The van der Waals surface area contributed by atoms with Gasteiger partial charge in [-0.1, -0.05) is 30.3 Å². The molecule has 0 spiro atoms. The van der Waals surface area contributed by atoms with Gasteiger partial charge < -0.3 is 30.1 Å². The number of carbonyl (C=O) groups excluding carboxylic acids is 3. The number of benzene rings is 3. The van der Waals surface area contributed by atoms with Crippen molar-refractivity contribution in [1.29, 1.82) is 0 Å². The first-order valence-electron chi connectivity index (χ1n) is 13.5. The molecule has 0 saturated carbocycles. The van der Waals surface area contributed by atoms with E-state index in [4.69, 9.17) is 4.74 Å². The summed E-state index contributed by atoms with van der Waals surface area (Å²) < 4.78 is 5.20. The van der Waals surface area contributed by atoms with Crippen molar-refractivity contribution in [2.75, 3.05) is 50.1 Å². The largest absolute Gasteiger partial charge is 0.497 e. The van der Waals surface area contributed by atoms with Crippen LogP contribution in [0.3, 0.4) is 0 Å². The lowest BCUT2D eigenvalue weighted by Gasteiger charge is -2.36. The Balaban J connectivity index is 1.36. The molecule has 210 valence electrons. The number of hydrogen-bond acceptors (Lipinski definition) is 5. The standard InChI is InChI=1S/C31H37N5O4/c1-23(2)32-31(39)35-19-17-34(18-20-35)27-13-11-26(12-14-27)33-29(37)22-36(21-24-7-5-4-6-8-24)30(38)25-9-15-28(40-3)16-10-25/h4-16,23H,17-22H2,1-3H3,(H,32,39)(H,33,37). The van der Waals surface area contributed by atoms with Gasteiger partial charge in [0.2, 0.25) is 5.91 Å². The molecule has 0 atom stereocenters. The van der Waals surface area contributed by atoms with Crippen LogP contribution in [0, 0.1) is 0 Å². The fourth-order valence-electron chi connectivity index (χ4n) is 4.55. The molecule has 1 aliphatic heterocycles. The van der Waals surface area contributed by atoms with Crippen LogP contribution in [0.25, 0.3) is 0 Å². The summed E-state index contributed by atoms with van der Waals surface area (Å²) in [5.74, 6) is 0.138. The van der Waals surface area contributed by atoms with E-state index in [-0.39, 0.29) is 30.4 Å². The van der Waals surface area contributed by atoms with Crippen LogP contribution in [-0.4, -0.2) is 73.5 Å². The maximum absolute atomic E-state index is 13.3. The molecule has 1 saturated heterocycles. The summed E-state index contributed by atoms with van der Waals surface area (Å²) in [6.45, 7) is 6.88. The zero-order chi connectivity index (χ0) is 28.5. The molecule has 9 nitrogen and oxygen atoms in total. The number of urea groups is 1. The third-order valence-corrected chi connectivity index (χ3v) is 6.67. The predicted octanol–water partition coefficient (Wildman–Crippen LogP) is 4.22. The van der Waals surface area contributed by atoms with E-state index in [1.54, 1.807) is 31.4 Å². The third-order valence-electron chi connectivity index (χ3n) is 6.67. The second-order valence-corrected chi connectivity index (χ2v) is 10.0. The topological polar surface area (TPSA) is 94.2 Å². The minimum atomic E-state index is -0.282. The Hall–Kier alpha value is -4.53. The van der Waals surface area contributed by atoms with Crippen molar-refractivity contribution in [1.82, 2.24) is 15.1 Å². The molecule has 1 heterocycles. The molecule has 0 unspecified atom stereocenters. The van der Waals surface area contributed by atoms with Crippen molar-refractivity contribution in [3.63, 3.8) is 0 Å². The van der Waals surface area contributed by atoms with Gasteiger partial charge in [0.05, 0.1) is 7.11 Å². The number of piperazine rings is 1. The summed E-state index contributed by atoms with van der Waals surface area (Å²) in [7, 11) is 1.57. The van der Waals surface area contributed by atoms with Crippen LogP contribution >= 0.6 is 0 Å². The molecule has 3 aromatic rings. The molecule has 0 aliphatic carbocycles. The van der Waals surface area contributed by atoms with Gasteiger partial charge in [-0.2, -0.15) is 0 Å². The fraction of sp³-hybridized carbons (Fsp3) is 0.323. The minimum Gasteiger partial charge on any atom is -0.497 e. The van der Waals surface area contributed by atoms with Crippen molar-refractivity contribution in [2.45, 2.75) is 26.4 Å². The van der Waals surface area contributed by atoms with Gasteiger partial charge in [-0.05, 0) is 67.9 Å². The van der Waals surface area contributed by atoms with Crippen molar-refractivity contribution in [3.05, 3.63) is 90.0 Å². The van der Waals surface area contributed by atoms with Gasteiger partial charge in [-0.3, -0.25) is 9.59 Å². The number of nitrogens with one attached hydrogen (secondary N) is 2. The summed E-state index contributed by atoms with van der Waals surface area (Å²) in [6, 6.07) is 24.2. The lowest BCUT2D eigenvalue weighted by Crippen LogP contribution is -2.52. The normalized spacial score (nSPS) is 13.1. The number of rotatable bonds is 9. The highest BCUT2D eigenvalue weighted by Crippen LogP contribution is 2.20. The van der Waals surface area contributed by atoms with E-state index >= 15 is 0 Å².